The summed E-state index contributed by atoms with van der Waals surface area (Å²) in [5, 5.41) is 3.13. The molecule has 106 valence electrons. The summed E-state index contributed by atoms with van der Waals surface area (Å²) in [5.74, 6) is -0.783. The van der Waals surface area contributed by atoms with Crippen molar-refractivity contribution in [2.75, 3.05) is 20.2 Å². The zero-order valence-electron chi connectivity index (χ0n) is 11.2. The Kier molecular flexibility index (Phi) is 4.68. The van der Waals surface area contributed by atoms with Crippen LogP contribution in [0.15, 0.2) is 24.3 Å². The summed E-state index contributed by atoms with van der Waals surface area (Å²) in [6, 6.07) is 6.36. The van der Waals surface area contributed by atoms with E-state index in [-0.39, 0.29) is 5.91 Å². The second-order valence-corrected chi connectivity index (χ2v) is 4.91. The number of ether oxygens (including phenoxy) is 1. The highest BCUT2D eigenvalue weighted by Gasteiger charge is 2.18. The molecule has 1 amide bonds. The number of likely N-dealkylation sites (tertiary alicyclic amines) is 1. The van der Waals surface area contributed by atoms with Crippen LogP contribution in [0.5, 0.6) is 0 Å². The number of rotatable bonds is 2. The average Bonchev–Trinajstić information content (AvgIpc) is 3.00. The van der Waals surface area contributed by atoms with Gasteiger partial charge in [0, 0.05) is 18.7 Å². The summed E-state index contributed by atoms with van der Waals surface area (Å²) < 4.78 is 4.63. The second-order valence-electron chi connectivity index (χ2n) is 4.53. The number of amides is 1. The van der Waals surface area contributed by atoms with E-state index in [1.807, 2.05) is 4.90 Å². The van der Waals surface area contributed by atoms with Crippen LogP contribution in [-0.4, -0.2) is 42.1 Å². The molecule has 1 saturated heterocycles. The van der Waals surface area contributed by atoms with E-state index in [4.69, 9.17) is 12.2 Å². The molecule has 1 aliphatic rings. The molecule has 1 aliphatic heterocycles. The molecule has 5 nitrogen and oxygen atoms in total. The molecule has 1 heterocycles. The zero-order valence-corrected chi connectivity index (χ0v) is 12.0. The molecule has 0 saturated carbocycles. The number of carbonyl (C=O) groups excluding carboxylic acids is 2. The topological polar surface area (TPSA) is 58.6 Å². The Hall–Kier alpha value is -1.95. The molecule has 0 unspecified atom stereocenters. The molecule has 0 aliphatic carbocycles. The minimum atomic E-state index is -0.471. The Morgan fingerprint density at radius 1 is 1.25 bits per heavy atom. The molecule has 2 rings (SSSR count). The van der Waals surface area contributed by atoms with Gasteiger partial charge in [-0.15, -0.1) is 0 Å². The number of hydrogen-bond donors (Lipinski definition) is 1. The van der Waals surface area contributed by atoms with Gasteiger partial charge >= 0.3 is 5.97 Å². The maximum Gasteiger partial charge on any atom is 0.337 e. The SMILES string of the molecule is COC(=O)c1cccc(C(=O)NC(=S)N2CCCC2)c1. The molecular weight excluding hydrogens is 276 g/mol. The Labute approximate surface area is 122 Å². The van der Waals surface area contributed by atoms with Crippen molar-refractivity contribution in [2.24, 2.45) is 0 Å². The minimum absolute atomic E-state index is 0.312. The summed E-state index contributed by atoms with van der Waals surface area (Å²) in [6.45, 7) is 1.75. The van der Waals surface area contributed by atoms with Crippen molar-refractivity contribution in [1.82, 2.24) is 10.2 Å². The first kappa shape index (κ1) is 14.5. The van der Waals surface area contributed by atoms with Crippen molar-refractivity contribution < 1.29 is 14.3 Å². The van der Waals surface area contributed by atoms with E-state index >= 15 is 0 Å². The minimum Gasteiger partial charge on any atom is -0.465 e. The van der Waals surface area contributed by atoms with Crippen LogP contribution in [-0.2, 0) is 4.74 Å². The number of nitrogens with one attached hydrogen (secondary N) is 1. The van der Waals surface area contributed by atoms with Gasteiger partial charge in [-0.3, -0.25) is 10.1 Å². The summed E-state index contributed by atoms with van der Waals surface area (Å²) in [5.41, 5.74) is 0.724. The number of thiocarbonyl (C=S) groups is 1. The molecule has 0 atom stereocenters. The van der Waals surface area contributed by atoms with Crippen LogP contribution in [0.1, 0.15) is 33.6 Å². The van der Waals surface area contributed by atoms with Crippen molar-refractivity contribution in [3.05, 3.63) is 35.4 Å². The molecule has 1 aromatic rings. The standard InChI is InChI=1S/C14H16N2O3S/c1-19-13(18)11-6-4-5-10(9-11)12(17)15-14(20)16-7-2-3-8-16/h4-6,9H,2-3,7-8H2,1H3,(H,15,17,20). The third-order valence-electron chi connectivity index (χ3n) is 3.16. The highest BCUT2D eigenvalue weighted by atomic mass is 32.1. The van der Waals surface area contributed by atoms with Gasteiger partial charge in [0.1, 0.15) is 0 Å². The van der Waals surface area contributed by atoms with Crippen molar-refractivity contribution in [1.29, 1.82) is 0 Å². The van der Waals surface area contributed by atoms with E-state index in [0.29, 0.717) is 16.2 Å². The summed E-state index contributed by atoms with van der Waals surface area (Å²) in [6.07, 6.45) is 2.18. The lowest BCUT2D eigenvalue weighted by Gasteiger charge is -2.18. The number of esters is 1. The lowest BCUT2D eigenvalue weighted by molar-refractivity contribution is 0.0600. The maximum atomic E-state index is 12.1. The van der Waals surface area contributed by atoms with E-state index in [1.54, 1.807) is 18.2 Å². The molecule has 20 heavy (non-hydrogen) atoms. The fourth-order valence-electron chi connectivity index (χ4n) is 2.07. The van der Waals surface area contributed by atoms with Gasteiger partial charge in [-0.2, -0.15) is 0 Å². The molecule has 1 aromatic carbocycles. The highest BCUT2D eigenvalue weighted by molar-refractivity contribution is 7.80. The van der Waals surface area contributed by atoms with Crippen LogP contribution in [0.25, 0.3) is 0 Å². The van der Waals surface area contributed by atoms with Crippen molar-refractivity contribution in [2.45, 2.75) is 12.8 Å². The normalized spacial score (nSPS) is 13.9. The van der Waals surface area contributed by atoms with Crippen molar-refractivity contribution in [3.8, 4) is 0 Å². The Balaban J connectivity index is 2.05. The summed E-state index contributed by atoms with van der Waals surface area (Å²) in [7, 11) is 1.30. The van der Waals surface area contributed by atoms with Gasteiger partial charge in [-0.1, -0.05) is 6.07 Å². The van der Waals surface area contributed by atoms with Crippen LogP contribution in [0.4, 0.5) is 0 Å². The maximum absolute atomic E-state index is 12.1. The average molecular weight is 292 g/mol. The van der Waals surface area contributed by atoms with E-state index < -0.39 is 5.97 Å². The van der Waals surface area contributed by atoms with Crippen molar-refractivity contribution in [3.63, 3.8) is 0 Å². The Bertz CT molecular complexity index is 539. The fourth-order valence-corrected chi connectivity index (χ4v) is 2.35. The van der Waals surface area contributed by atoms with E-state index in [1.165, 1.54) is 13.2 Å². The van der Waals surface area contributed by atoms with Gasteiger partial charge in [-0.25, -0.2) is 4.79 Å². The predicted molar refractivity (Wildman–Crippen MR) is 78.7 cm³/mol. The van der Waals surface area contributed by atoms with Crippen LogP contribution in [0.2, 0.25) is 0 Å². The van der Waals surface area contributed by atoms with Gasteiger partial charge in [0.15, 0.2) is 5.11 Å². The molecule has 0 radical (unpaired) electrons. The zero-order chi connectivity index (χ0) is 14.5. The first-order valence-corrected chi connectivity index (χ1v) is 6.81. The molecule has 1 N–H and O–H groups in total. The second kappa shape index (κ2) is 6.47. The van der Waals surface area contributed by atoms with Crippen LogP contribution in [0.3, 0.4) is 0 Å². The molecule has 0 bridgehead atoms. The van der Waals surface area contributed by atoms with Crippen LogP contribution in [0, 0.1) is 0 Å². The number of methoxy groups -OCH3 is 1. The smallest absolute Gasteiger partial charge is 0.337 e. The van der Waals surface area contributed by atoms with Gasteiger partial charge in [0.05, 0.1) is 12.7 Å². The Morgan fingerprint density at radius 3 is 2.55 bits per heavy atom. The molecule has 6 heteroatoms. The van der Waals surface area contributed by atoms with Crippen molar-refractivity contribution >= 4 is 29.2 Å². The molecular formula is C14H16N2O3S. The van der Waals surface area contributed by atoms with Crippen LogP contribution < -0.4 is 5.32 Å². The van der Waals surface area contributed by atoms with Gasteiger partial charge < -0.3 is 9.64 Å². The van der Waals surface area contributed by atoms with Crippen LogP contribution >= 0.6 is 12.2 Å². The lowest BCUT2D eigenvalue weighted by Crippen LogP contribution is -2.41. The summed E-state index contributed by atoms with van der Waals surface area (Å²) in [4.78, 5) is 25.5. The van der Waals surface area contributed by atoms with Gasteiger partial charge in [0.2, 0.25) is 0 Å². The van der Waals surface area contributed by atoms with E-state index in [2.05, 4.69) is 10.1 Å². The van der Waals surface area contributed by atoms with Gasteiger partial charge in [0.25, 0.3) is 5.91 Å². The first-order chi connectivity index (χ1) is 9.61. The fraction of sp³-hybridized carbons (Fsp3) is 0.357. The molecule has 0 aromatic heterocycles. The summed E-state index contributed by atoms with van der Waals surface area (Å²) >= 11 is 5.20. The number of nitrogens with zero attached hydrogens (tertiary/aromatic N) is 1. The third-order valence-corrected chi connectivity index (χ3v) is 3.52. The first-order valence-electron chi connectivity index (χ1n) is 6.40. The molecule has 1 fully saturated rings. The number of benzene rings is 1. The molecule has 0 spiro atoms. The van der Waals surface area contributed by atoms with Gasteiger partial charge in [-0.05, 0) is 43.3 Å². The highest BCUT2D eigenvalue weighted by Crippen LogP contribution is 2.09. The van der Waals surface area contributed by atoms with E-state index in [9.17, 15) is 9.59 Å². The monoisotopic (exact) mass is 292 g/mol. The number of carbonyl (C=O) groups is 2. The predicted octanol–water partition coefficient (Wildman–Crippen LogP) is 1.58. The Morgan fingerprint density at radius 2 is 1.90 bits per heavy atom. The number of hydrogen-bond acceptors (Lipinski definition) is 4. The third kappa shape index (κ3) is 3.33. The largest absolute Gasteiger partial charge is 0.465 e. The lowest BCUT2D eigenvalue weighted by atomic mass is 10.1. The van der Waals surface area contributed by atoms with E-state index in [0.717, 1.165) is 25.9 Å². The quantitative estimate of drug-likeness (QED) is 0.662.